The van der Waals surface area contributed by atoms with Crippen molar-refractivity contribution in [1.29, 1.82) is 0 Å². The van der Waals surface area contributed by atoms with Crippen LogP contribution in [0.5, 0.6) is 0 Å². The molecule has 0 N–H and O–H groups in total. The highest BCUT2D eigenvalue weighted by molar-refractivity contribution is 5.51. The van der Waals surface area contributed by atoms with E-state index >= 15 is 0 Å². The predicted molar refractivity (Wildman–Crippen MR) is 116 cm³/mol. The second-order valence-electron chi connectivity index (χ2n) is 9.97. The van der Waals surface area contributed by atoms with Crippen LogP contribution in [0, 0.1) is 13.8 Å². The molecule has 0 bridgehead atoms. The van der Waals surface area contributed by atoms with Gasteiger partial charge in [0.1, 0.15) is 0 Å². The zero-order valence-corrected chi connectivity index (χ0v) is 18.7. The Labute approximate surface area is 172 Å². The fourth-order valence-corrected chi connectivity index (χ4v) is 4.19. The third-order valence-corrected chi connectivity index (χ3v) is 5.26. The lowest BCUT2D eigenvalue weighted by Gasteiger charge is -2.20. The van der Waals surface area contributed by atoms with Crippen molar-refractivity contribution in [2.24, 2.45) is 0 Å². The van der Waals surface area contributed by atoms with Crippen LogP contribution in [0.25, 0.3) is 11.3 Å². The van der Waals surface area contributed by atoms with Crippen LogP contribution in [0.4, 0.5) is 0 Å². The van der Waals surface area contributed by atoms with Gasteiger partial charge in [0.25, 0.3) is 0 Å². The molecular weight excluding hydrogens is 360 g/mol. The summed E-state index contributed by atoms with van der Waals surface area (Å²) in [6.07, 6.45) is 2.50. The standard InChI is InChI=1S/C23H30N6/c1-14-11-12-24-29-20(23(6,7)8)17(26-21(14)29)13-16-9-10-18-25-15(2)19(22(3,4)5)28(18)27-16/h9-12H,13H2,1-8H3. The van der Waals surface area contributed by atoms with E-state index in [2.05, 4.69) is 72.6 Å². The summed E-state index contributed by atoms with van der Waals surface area (Å²) in [5, 5.41) is 9.55. The van der Waals surface area contributed by atoms with Crippen molar-refractivity contribution < 1.29 is 0 Å². The van der Waals surface area contributed by atoms with Crippen LogP contribution in [-0.4, -0.2) is 29.2 Å². The molecule has 29 heavy (non-hydrogen) atoms. The Bertz CT molecular complexity index is 1210. The average molecular weight is 391 g/mol. The van der Waals surface area contributed by atoms with Gasteiger partial charge in [-0.05, 0) is 37.6 Å². The topological polar surface area (TPSA) is 60.4 Å². The molecule has 0 aliphatic heterocycles. The van der Waals surface area contributed by atoms with E-state index in [1.807, 2.05) is 21.3 Å². The van der Waals surface area contributed by atoms with Gasteiger partial charge in [-0.15, -0.1) is 0 Å². The molecule has 0 radical (unpaired) electrons. The molecule has 6 nitrogen and oxygen atoms in total. The predicted octanol–water partition coefficient (Wildman–Crippen LogP) is 4.57. The summed E-state index contributed by atoms with van der Waals surface area (Å²) in [7, 11) is 0. The van der Waals surface area contributed by atoms with Gasteiger partial charge in [0, 0.05) is 23.4 Å². The van der Waals surface area contributed by atoms with Gasteiger partial charge in [0.2, 0.25) is 0 Å². The van der Waals surface area contributed by atoms with Crippen molar-refractivity contribution in [3.63, 3.8) is 0 Å². The SMILES string of the molecule is Cc1nc2ccc(Cc3nc4c(C)ccnn4c3C(C)(C)C)nn2c1C(C)(C)C. The summed E-state index contributed by atoms with van der Waals surface area (Å²) < 4.78 is 3.99. The molecule has 0 aliphatic carbocycles. The van der Waals surface area contributed by atoms with Crippen molar-refractivity contribution in [2.45, 2.75) is 72.6 Å². The molecule has 152 valence electrons. The van der Waals surface area contributed by atoms with E-state index in [0.29, 0.717) is 6.42 Å². The number of aryl methyl sites for hydroxylation is 2. The Morgan fingerprint density at radius 1 is 0.828 bits per heavy atom. The van der Waals surface area contributed by atoms with E-state index in [9.17, 15) is 0 Å². The summed E-state index contributed by atoms with van der Waals surface area (Å²) in [6.45, 7) is 17.4. The van der Waals surface area contributed by atoms with Crippen molar-refractivity contribution in [1.82, 2.24) is 29.2 Å². The molecular formula is C23H30N6. The molecule has 0 fully saturated rings. The molecule has 4 rings (SSSR count). The molecule has 4 aromatic rings. The molecule has 0 saturated heterocycles. The summed E-state index contributed by atoms with van der Waals surface area (Å²) in [5.74, 6) is 0. The maximum Gasteiger partial charge on any atom is 0.157 e. The first-order valence-electron chi connectivity index (χ1n) is 10.2. The van der Waals surface area contributed by atoms with Crippen LogP contribution in [0.15, 0.2) is 24.4 Å². The number of rotatable bonds is 2. The zero-order valence-electron chi connectivity index (χ0n) is 18.7. The van der Waals surface area contributed by atoms with Crippen LogP contribution in [0.1, 0.15) is 75.6 Å². The molecule has 0 aromatic carbocycles. The molecule has 0 aliphatic rings. The van der Waals surface area contributed by atoms with Crippen LogP contribution in [-0.2, 0) is 17.3 Å². The Morgan fingerprint density at radius 2 is 1.52 bits per heavy atom. The highest BCUT2D eigenvalue weighted by Crippen LogP contribution is 2.29. The van der Waals surface area contributed by atoms with E-state index in [1.54, 1.807) is 0 Å². The largest absolute Gasteiger partial charge is 0.232 e. The van der Waals surface area contributed by atoms with Crippen molar-refractivity contribution >= 4 is 11.3 Å². The maximum absolute atomic E-state index is 4.97. The second-order valence-corrected chi connectivity index (χ2v) is 9.97. The highest BCUT2D eigenvalue weighted by Gasteiger charge is 2.27. The Morgan fingerprint density at radius 3 is 2.17 bits per heavy atom. The number of nitrogens with zero attached hydrogens (tertiary/aromatic N) is 6. The molecule has 6 heteroatoms. The van der Waals surface area contributed by atoms with Gasteiger partial charge >= 0.3 is 0 Å². The van der Waals surface area contributed by atoms with Crippen molar-refractivity contribution in [2.75, 3.05) is 0 Å². The number of hydrogen-bond donors (Lipinski definition) is 0. The van der Waals surface area contributed by atoms with E-state index < -0.39 is 0 Å². The van der Waals surface area contributed by atoms with E-state index in [1.165, 1.54) is 0 Å². The second kappa shape index (κ2) is 6.37. The van der Waals surface area contributed by atoms with Crippen LogP contribution < -0.4 is 0 Å². The van der Waals surface area contributed by atoms with Gasteiger partial charge in [-0.25, -0.2) is 19.0 Å². The van der Waals surface area contributed by atoms with Gasteiger partial charge in [-0.2, -0.15) is 10.2 Å². The molecule has 4 aromatic heterocycles. The highest BCUT2D eigenvalue weighted by atomic mass is 15.3. The first-order chi connectivity index (χ1) is 13.5. The van der Waals surface area contributed by atoms with E-state index in [-0.39, 0.29) is 10.8 Å². The van der Waals surface area contributed by atoms with Gasteiger partial charge in [0.05, 0.1) is 28.5 Å². The van der Waals surface area contributed by atoms with Gasteiger partial charge in [0.15, 0.2) is 11.3 Å². The minimum atomic E-state index is -0.0815. The Balaban J connectivity index is 1.87. The van der Waals surface area contributed by atoms with Crippen molar-refractivity contribution in [3.05, 3.63) is 58.4 Å². The summed E-state index contributed by atoms with van der Waals surface area (Å²) >= 11 is 0. The van der Waals surface area contributed by atoms with Crippen LogP contribution in [0.2, 0.25) is 0 Å². The fraction of sp³-hybridized carbons (Fsp3) is 0.478. The number of hydrogen-bond acceptors (Lipinski definition) is 4. The number of imidazole rings is 2. The molecule has 0 spiro atoms. The normalized spacial score (nSPS) is 13.0. The molecule has 0 atom stereocenters. The lowest BCUT2D eigenvalue weighted by Crippen LogP contribution is -2.19. The lowest BCUT2D eigenvalue weighted by molar-refractivity contribution is 0.540. The van der Waals surface area contributed by atoms with Gasteiger partial charge in [-0.3, -0.25) is 0 Å². The third-order valence-electron chi connectivity index (χ3n) is 5.26. The summed E-state index contributed by atoms with van der Waals surface area (Å²) in [6, 6.07) is 6.12. The molecule has 0 saturated carbocycles. The Hall–Kier alpha value is -2.76. The minimum Gasteiger partial charge on any atom is -0.232 e. The first-order valence-corrected chi connectivity index (χ1v) is 10.2. The average Bonchev–Trinajstić information content (AvgIpc) is 3.11. The summed E-state index contributed by atoms with van der Waals surface area (Å²) in [5.41, 5.74) is 8.14. The molecule has 0 amide bonds. The fourth-order valence-electron chi connectivity index (χ4n) is 4.19. The number of fused-ring (bicyclic) bond motifs is 2. The van der Waals surface area contributed by atoms with E-state index in [4.69, 9.17) is 15.1 Å². The lowest BCUT2D eigenvalue weighted by atomic mass is 9.89. The Kier molecular flexibility index (Phi) is 4.30. The van der Waals surface area contributed by atoms with E-state index in [0.717, 1.165) is 45.3 Å². The summed E-state index contributed by atoms with van der Waals surface area (Å²) in [4.78, 5) is 9.67. The zero-order chi connectivity index (χ0) is 21.1. The molecule has 0 unspecified atom stereocenters. The first kappa shape index (κ1) is 19.6. The van der Waals surface area contributed by atoms with Crippen molar-refractivity contribution in [3.8, 4) is 0 Å². The smallest absolute Gasteiger partial charge is 0.157 e. The number of aromatic nitrogens is 6. The monoisotopic (exact) mass is 390 g/mol. The third kappa shape index (κ3) is 3.30. The quantitative estimate of drug-likeness (QED) is 0.503. The minimum absolute atomic E-state index is 0.0319. The maximum atomic E-state index is 4.97. The van der Waals surface area contributed by atoms with Crippen LogP contribution in [0.3, 0.4) is 0 Å². The van der Waals surface area contributed by atoms with Gasteiger partial charge in [-0.1, -0.05) is 41.5 Å². The van der Waals surface area contributed by atoms with Crippen LogP contribution >= 0.6 is 0 Å². The van der Waals surface area contributed by atoms with Gasteiger partial charge < -0.3 is 0 Å². The molecule has 4 heterocycles.